The van der Waals surface area contributed by atoms with Gasteiger partial charge in [0.2, 0.25) is 23.6 Å². The highest BCUT2D eigenvalue weighted by molar-refractivity contribution is 7.13. The second-order valence-electron chi connectivity index (χ2n) is 18.6. The first-order chi connectivity index (χ1) is 32.5. The molecule has 1 saturated carbocycles. The number of primary amides is 1. The minimum Gasteiger partial charge on any atom is -0.507 e. The normalized spacial score (nSPS) is 17.3. The fraction of sp³-hybridized carbons (Fsp3) is 0.479. The summed E-state index contributed by atoms with van der Waals surface area (Å²) in [6, 6.07) is 7.90. The Labute approximate surface area is 403 Å². The van der Waals surface area contributed by atoms with Gasteiger partial charge in [-0.2, -0.15) is 0 Å². The number of nitrogens with one attached hydrogen (secondary N) is 5. The number of aliphatic hydroxyl groups is 2. The highest BCUT2D eigenvalue weighted by Gasteiger charge is 2.53. The number of rotatable bonds is 22. The Hall–Kier alpha value is -6.74. The molecule has 0 radical (unpaired) electrons. The topological polar surface area (TPSA) is 298 Å². The Balaban J connectivity index is 1.11. The van der Waals surface area contributed by atoms with Crippen molar-refractivity contribution in [1.29, 1.82) is 5.41 Å². The first kappa shape index (κ1) is 53.2. The Bertz CT molecular complexity index is 2450. The smallest absolute Gasteiger partial charge is 0.266 e. The van der Waals surface area contributed by atoms with Crippen molar-refractivity contribution in [1.82, 2.24) is 36.1 Å². The molecular formula is C48H62FN9O10S. The van der Waals surface area contributed by atoms with Crippen molar-refractivity contribution in [3.05, 3.63) is 76.4 Å². The van der Waals surface area contributed by atoms with E-state index in [2.05, 4.69) is 26.3 Å². The van der Waals surface area contributed by atoms with Gasteiger partial charge in [0.1, 0.15) is 29.3 Å². The lowest BCUT2D eigenvalue weighted by Crippen LogP contribution is -2.59. The number of unbranched alkanes of at least 4 members (excludes halogenated alkanes) is 2. The summed E-state index contributed by atoms with van der Waals surface area (Å²) >= 11 is 1.48. The molecule has 1 saturated heterocycles. The molecular weight excluding hydrogens is 914 g/mol. The van der Waals surface area contributed by atoms with Crippen molar-refractivity contribution in [2.45, 2.75) is 109 Å². The van der Waals surface area contributed by atoms with Crippen molar-refractivity contribution < 1.29 is 53.3 Å². The number of carbonyl (C=O) groups excluding carboxylic acids is 7. The van der Waals surface area contributed by atoms with Gasteiger partial charge in [0.15, 0.2) is 5.67 Å². The van der Waals surface area contributed by atoms with E-state index in [-0.39, 0.29) is 81.2 Å². The second kappa shape index (κ2) is 23.0. The van der Waals surface area contributed by atoms with Crippen molar-refractivity contribution in [3.8, 4) is 16.2 Å². The van der Waals surface area contributed by atoms with Gasteiger partial charge in [-0.25, -0.2) is 9.37 Å². The highest BCUT2D eigenvalue weighted by Crippen LogP contribution is 2.40. The Morgan fingerprint density at radius 3 is 2.30 bits per heavy atom. The second-order valence-corrected chi connectivity index (χ2v) is 19.4. The van der Waals surface area contributed by atoms with Crippen LogP contribution in [0.1, 0.15) is 105 Å². The number of halogens is 1. The lowest BCUT2D eigenvalue weighted by Gasteiger charge is -2.36. The number of hydrogen-bond acceptors (Lipinski definition) is 13. The first-order valence-corrected chi connectivity index (χ1v) is 23.6. The number of phenolic OH excluding ortho intramolecular Hbond substituents is 1. The van der Waals surface area contributed by atoms with E-state index < -0.39 is 82.1 Å². The third kappa shape index (κ3) is 14.4. The summed E-state index contributed by atoms with van der Waals surface area (Å²) in [6.07, 6.45) is 1.50. The number of amides is 7. The monoisotopic (exact) mass is 975 g/mol. The maximum absolute atomic E-state index is 14.7. The van der Waals surface area contributed by atoms with Gasteiger partial charge in [-0.15, -0.1) is 11.3 Å². The highest BCUT2D eigenvalue weighted by atomic mass is 32.1. The molecule has 1 aromatic heterocycles. The minimum atomic E-state index is -2.03. The van der Waals surface area contributed by atoms with Crippen molar-refractivity contribution in [2.75, 3.05) is 33.2 Å². The zero-order valence-electron chi connectivity index (χ0n) is 39.4. The number of hydrogen-bond donors (Lipinski definition) is 9. The number of aryl methyl sites for hydroxylation is 1. The van der Waals surface area contributed by atoms with E-state index in [1.807, 2.05) is 19.1 Å². The predicted molar refractivity (Wildman–Crippen MR) is 255 cm³/mol. The number of likely N-dealkylation sites (N-methyl/N-ethyl adjacent to an activating group) is 1. The largest absolute Gasteiger partial charge is 0.507 e. The van der Waals surface area contributed by atoms with Crippen LogP contribution in [-0.2, 0) is 28.8 Å². The molecule has 2 aliphatic rings. The van der Waals surface area contributed by atoms with Gasteiger partial charge in [-0.3, -0.25) is 39.0 Å². The van der Waals surface area contributed by atoms with Gasteiger partial charge in [0.05, 0.1) is 40.2 Å². The molecule has 1 aliphatic carbocycles. The number of aliphatic hydroxyl groups excluding tert-OH is 2. The van der Waals surface area contributed by atoms with Crippen molar-refractivity contribution >= 4 is 64.2 Å². The number of phenols is 1. The van der Waals surface area contributed by atoms with Crippen LogP contribution < -0.4 is 27.0 Å². The van der Waals surface area contributed by atoms with Crippen LogP contribution in [0.5, 0.6) is 5.75 Å². The van der Waals surface area contributed by atoms with Crippen LogP contribution in [0.15, 0.2) is 54.1 Å². The maximum Gasteiger partial charge on any atom is 0.266 e. The lowest BCUT2D eigenvalue weighted by atomic mass is 9.85. The molecule has 19 nitrogen and oxygen atoms in total. The summed E-state index contributed by atoms with van der Waals surface area (Å²) in [7, 11) is 1.49. The van der Waals surface area contributed by atoms with Crippen LogP contribution in [0.3, 0.4) is 0 Å². The zero-order valence-corrected chi connectivity index (χ0v) is 40.2. The molecule has 4 atom stereocenters. The van der Waals surface area contributed by atoms with Gasteiger partial charge in [0, 0.05) is 57.7 Å². The van der Waals surface area contributed by atoms with Crippen LogP contribution in [0.25, 0.3) is 16.2 Å². The number of aromatic nitrogens is 1. The molecule has 5 rings (SSSR count). The number of nitrogens with zero attached hydrogens (tertiary/aromatic N) is 3. The number of carbonyl (C=O) groups is 7. The van der Waals surface area contributed by atoms with E-state index in [1.54, 1.807) is 38.4 Å². The molecule has 0 bridgehead atoms. The third-order valence-corrected chi connectivity index (χ3v) is 12.9. The summed E-state index contributed by atoms with van der Waals surface area (Å²) in [6.45, 7) is 7.40. The molecule has 2 aromatic carbocycles. The lowest BCUT2D eigenvalue weighted by molar-refractivity contribution is -0.145. The molecule has 2 heterocycles. The average Bonchev–Trinajstić information content (AvgIpc) is 3.70. The number of likely N-dealkylation sites (tertiary alicyclic amines) is 1. The van der Waals surface area contributed by atoms with Gasteiger partial charge in [-0.05, 0) is 61.3 Å². The van der Waals surface area contributed by atoms with E-state index in [9.17, 15) is 53.3 Å². The molecule has 0 unspecified atom stereocenters. The first-order valence-electron chi connectivity index (χ1n) is 22.7. The summed E-state index contributed by atoms with van der Waals surface area (Å²) in [5.74, 6) is -5.28. The van der Waals surface area contributed by atoms with E-state index >= 15 is 0 Å². The molecule has 2 fully saturated rings. The van der Waals surface area contributed by atoms with Crippen molar-refractivity contribution in [3.63, 3.8) is 0 Å². The molecule has 69 heavy (non-hydrogen) atoms. The molecule has 10 N–H and O–H groups in total. The SMILES string of the molecule is Cc1ncsc1-c1ccc([C@H](CC(=O)NCCCCCC(=O)NCCN(C)C(=O)c2ccc(/C(O)=C/C(=N)C(N)=O)cc2O)NC(=O)[C@@H]2C[C@@H](O)CN2C(=O)[C@@H](NC(=O)C2(F)CC2)C(C)(C)C)cc1. The number of nitrogens with two attached hydrogens (primary N) is 1. The predicted octanol–water partition coefficient (Wildman–Crippen LogP) is 3.34. The minimum absolute atomic E-state index is 0.0533. The number of alkyl halides is 1. The van der Waals surface area contributed by atoms with Crippen molar-refractivity contribution in [2.24, 2.45) is 11.1 Å². The molecule has 1 aliphatic heterocycles. The molecule has 3 aromatic rings. The Kier molecular flexibility index (Phi) is 17.8. The molecule has 7 amide bonds. The molecule has 0 spiro atoms. The van der Waals surface area contributed by atoms with E-state index in [4.69, 9.17) is 11.1 Å². The fourth-order valence-corrected chi connectivity index (χ4v) is 8.49. The average molecular weight is 976 g/mol. The van der Waals surface area contributed by atoms with Gasteiger partial charge in [0.25, 0.3) is 17.7 Å². The fourth-order valence-electron chi connectivity index (χ4n) is 7.68. The van der Waals surface area contributed by atoms with Crippen LogP contribution in [0.4, 0.5) is 4.39 Å². The summed E-state index contributed by atoms with van der Waals surface area (Å²) in [4.78, 5) is 98.7. The quantitative estimate of drug-likeness (QED) is 0.0400. The van der Waals surface area contributed by atoms with Crippen LogP contribution in [-0.4, -0.2) is 134 Å². The number of thiazole rings is 1. The number of aromatic hydroxyl groups is 1. The molecule has 372 valence electrons. The maximum atomic E-state index is 14.7. The summed E-state index contributed by atoms with van der Waals surface area (Å²) < 4.78 is 14.7. The van der Waals surface area contributed by atoms with Gasteiger partial charge in [-0.1, -0.05) is 57.5 Å². The van der Waals surface area contributed by atoms with E-state index in [1.165, 1.54) is 40.3 Å². The van der Waals surface area contributed by atoms with E-state index in [0.717, 1.165) is 28.3 Å². The number of β-amino-alcohol motifs (C(OH)–C–C–N with tert-alkyl or cyclic N) is 1. The Morgan fingerprint density at radius 1 is 1.01 bits per heavy atom. The molecule has 21 heteroatoms. The summed E-state index contributed by atoms with van der Waals surface area (Å²) in [5.41, 5.74) is 5.57. The standard InChI is InChI=1S/C48H62FN9O10S/c1-27-40(69-26-54-27)29-12-10-28(11-13-29)34(55-43(65)35-22-31(59)25-58(35)45(67)41(47(2,3)4)56-46(68)48(49)16-17-48)24-39(63)52-18-8-6-7-9-38(62)53-19-20-57(5)44(66)32-15-14-30(21-37(32)61)36(60)23-33(50)42(51)64/h10-15,21,23,26,31,34-35,41,50,59-61H,6-9,16-20,22,24-25H2,1-5H3,(H2,51,64)(H,52,63)(H,53,62)(H,55,65)(H,56,68)/b36-23-,50-33?/t31-,34+,35+,41-/m1/s1. The number of benzene rings is 2. The van der Waals surface area contributed by atoms with Crippen LogP contribution in [0, 0.1) is 17.7 Å². The van der Waals surface area contributed by atoms with Crippen LogP contribution in [0.2, 0.25) is 0 Å². The van der Waals surface area contributed by atoms with Gasteiger partial charge >= 0.3 is 0 Å². The third-order valence-electron chi connectivity index (χ3n) is 12.0. The van der Waals surface area contributed by atoms with E-state index in [0.29, 0.717) is 24.8 Å². The summed E-state index contributed by atoms with van der Waals surface area (Å²) in [5, 5.41) is 49.9. The Morgan fingerprint density at radius 2 is 1.70 bits per heavy atom. The zero-order chi connectivity index (χ0) is 50.8. The van der Waals surface area contributed by atoms with Gasteiger partial charge < -0.3 is 52.1 Å². The van der Waals surface area contributed by atoms with Crippen LogP contribution >= 0.6 is 11.3 Å².